The first-order valence-electron chi connectivity index (χ1n) is 7.53. The molecule has 2 aromatic rings. The predicted molar refractivity (Wildman–Crippen MR) is 106 cm³/mol. The summed E-state index contributed by atoms with van der Waals surface area (Å²) < 4.78 is 24.5. The summed E-state index contributed by atoms with van der Waals surface area (Å²) in [5, 5.41) is 7.20. The molecule has 0 saturated heterocycles. The molecule has 7 heteroatoms. The van der Waals surface area contributed by atoms with Gasteiger partial charge in [-0.25, -0.2) is 4.39 Å². The van der Waals surface area contributed by atoms with E-state index < -0.39 is 0 Å². The van der Waals surface area contributed by atoms with Crippen molar-refractivity contribution in [3.05, 3.63) is 35.3 Å². The molecule has 0 aliphatic heterocycles. The molecule has 0 fully saturated rings. The molecule has 0 amide bonds. The molecule has 2 N–H and O–H groups in total. The number of fused-ring (bicyclic) bond motifs is 1. The first-order chi connectivity index (χ1) is 10.9. The van der Waals surface area contributed by atoms with E-state index in [4.69, 9.17) is 9.15 Å². The Labute approximate surface area is 159 Å². The average molecular weight is 449 g/mol. The van der Waals surface area contributed by atoms with Crippen LogP contribution in [0, 0.1) is 12.7 Å². The Hall–Kier alpha value is -1.35. The Morgan fingerprint density at radius 1 is 1.33 bits per heavy atom. The number of hydrogen-bond donors (Lipinski definition) is 2. The zero-order valence-electron chi connectivity index (χ0n) is 14.7. The minimum atomic E-state index is -0.287. The summed E-state index contributed by atoms with van der Waals surface area (Å²) in [6.07, 6.45) is 0. The zero-order valence-corrected chi connectivity index (χ0v) is 17.0. The van der Waals surface area contributed by atoms with Gasteiger partial charge in [-0.15, -0.1) is 24.0 Å². The minimum Gasteiger partial charge on any atom is -0.459 e. The Bertz CT molecular complexity index is 713. The van der Waals surface area contributed by atoms with Crippen molar-refractivity contribution in [2.45, 2.75) is 32.9 Å². The van der Waals surface area contributed by atoms with Crippen molar-refractivity contribution in [3.63, 3.8) is 0 Å². The largest absolute Gasteiger partial charge is 0.459 e. The minimum absolute atomic E-state index is 0. The van der Waals surface area contributed by atoms with Gasteiger partial charge < -0.3 is 19.8 Å². The summed E-state index contributed by atoms with van der Waals surface area (Å²) in [5.41, 5.74) is 1.33. The van der Waals surface area contributed by atoms with Crippen LogP contribution < -0.4 is 10.6 Å². The quantitative estimate of drug-likeness (QED) is 0.416. The van der Waals surface area contributed by atoms with Crippen molar-refractivity contribution in [2.24, 2.45) is 4.99 Å². The van der Waals surface area contributed by atoms with Crippen LogP contribution in [0.2, 0.25) is 0 Å². The van der Waals surface area contributed by atoms with Crippen molar-refractivity contribution in [3.8, 4) is 0 Å². The smallest absolute Gasteiger partial charge is 0.191 e. The highest BCUT2D eigenvalue weighted by Crippen LogP contribution is 2.25. The molecule has 134 valence electrons. The van der Waals surface area contributed by atoms with Crippen LogP contribution >= 0.6 is 24.0 Å². The molecule has 0 atom stereocenters. The molecule has 0 saturated carbocycles. The fourth-order valence-electron chi connectivity index (χ4n) is 2.17. The Morgan fingerprint density at radius 3 is 2.67 bits per heavy atom. The third-order valence-electron chi connectivity index (χ3n) is 3.87. The van der Waals surface area contributed by atoms with E-state index in [2.05, 4.69) is 15.6 Å². The highest BCUT2D eigenvalue weighted by atomic mass is 127. The number of methoxy groups -OCH3 is 1. The average Bonchev–Trinajstić information content (AvgIpc) is 2.84. The molecule has 2 rings (SSSR count). The van der Waals surface area contributed by atoms with Crippen LogP contribution in [0.4, 0.5) is 4.39 Å². The molecule has 5 nitrogen and oxygen atoms in total. The van der Waals surface area contributed by atoms with Gasteiger partial charge in [0, 0.05) is 31.7 Å². The molecule has 0 unspecified atom stereocenters. The molecular formula is C17H25FIN3O2. The number of nitrogens with one attached hydrogen (secondary N) is 2. The van der Waals surface area contributed by atoms with Crippen molar-refractivity contribution in [1.82, 2.24) is 10.6 Å². The van der Waals surface area contributed by atoms with E-state index in [1.807, 2.05) is 20.8 Å². The highest BCUT2D eigenvalue weighted by Gasteiger charge is 2.17. The van der Waals surface area contributed by atoms with Gasteiger partial charge in [-0.05, 0) is 39.0 Å². The summed E-state index contributed by atoms with van der Waals surface area (Å²) in [4.78, 5) is 4.18. The lowest BCUT2D eigenvalue weighted by Gasteiger charge is -2.24. The van der Waals surface area contributed by atoms with Crippen LogP contribution in [-0.4, -0.2) is 32.3 Å². The van der Waals surface area contributed by atoms with Gasteiger partial charge in [0.05, 0.1) is 12.1 Å². The van der Waals surface area contributed by atoms with Gasteiger partial charge in [0.2, 0.25) is 0 Å². The van der Waals surface area contributed by atoms with Gasteiger partial charge in [-0.2, -0.15) is 0 Å². The van der Waals surface area contributed by atoms with Crippen LogP contribution in [0.3, 0.4) is 0 Å². The standard InChI is InChI=1S/C17H24FN3O2.HI/c1-11-13-8-12(18)6-7-14(13)23-15(11)9-20-16(19-4)21-10-17(2,3)22-5;/h6-8H,9-10H2,1-5H3,(H2,19,20,21);1H. The lowest BCUT2D eigenvalue weighted by Crippen LogP contribution is -2.45. The van der Waals surface area contributed by atoms with E-state index in [0.29, 0.717) is 24.6 Å². The van der Waals surface area contributed by atoms with Crippen LogP contribution in [0.5, 0.6) is 0 Å². The van der Waals surface area contributed by atoms with Crippen LogP contribution in [0.25, 0.3) is 11.0 Å². The monoisotopic (exact) mass is 449 g/mol. The molecule has 0 bridgehead atoms. The fourth-order valence-corrected chi connectivity index (χ4v) is 2.17. The first kappa shape index (κ1) is 20.7. The van der Waals surface area contributed by atoms with E-state index >= 15 is 0 Å². The lowest BCUT2D eigenvalue weighted by molar-refractivity contribution is 0.0268. The number of rotatable bonds is 5. The maximum Gasteiger partial charge on any atom is 0.191 e. The summed E-state index contributed by atoms with van der Waals surface area (Å²) >= 11 is 0. The maximum atomic E-state index is 13.3. The molecule has 24 heavy (non-hydrogen) atoms. The number of hydrogen-bond acceptors (Lipinski definition) is 3. The van der Waals surface area contributed by atoms with Crippen molar-refractivity contribution in [1.29, 1.82) is 0 Å². The van der Waals surface area contributed by atoms with Crippen molar-refractivity contribution in [2.75, 3.05) is 20.7 Å². The fraction of sp³-hybridized carbons (Fsp3) is 0.471. The molecule has 1 aromatic heterocycles. The second-order valence-corrected chi connectivity index (χ2v) is 6.03. The van der Waals surface area contributed by atoms with Crippen LogP contribution in [0.1, 0.15) is 25.2 Å². The Kier molecular flexibility index (Phi) is 7.47. The van der Waals surface area contributed by atoms with E-state index in [1.165, 1.54) is 12.1 Å². The summed E-state index contributed by atoms with van der Waals surface area (Å²) in [5.74, 6) is 1.15. The molecule has 0 radical (unpaired) electrons. The van der Waals surface area contributed by atoms with Gasteiger partial charge in [0.15, 0.2) is 5.96 Å². The van der Waals surface area contributed by atoms with Gasteiger partial charge in [0.25, 0.3) is 0 Å². The normalized spacial score (nSPS) is 12.2. The number of benzene rings is 1. The second kappa shape index (κ2) is 8.66. The molecular weight excluding hydrogens is 424 g/mol. The molecule has 0 aliphatic rings. The number of furan rings is 1. The molecule has 1 heterocycles. The summed E-state index contributed by atoms with van der Waals surface area (Å²) in [6, 6.07) is 4.54. The predicted octanol–water partition coefficient (Wildman–Crippen LogP) is 3.59. The SMILES string of the molecule is CN=C(NCc1oc2ccc(F)cc2c1C)NCC(C)(C)OC.I. The Morgan fingerprint density at radius 2 is 2.04 bits per heavy atom. The number of nitrogens with zero attached hydrogens (tertiary/aromatic N) is 1. The maximum absolute atomic E-state index is 13.3. The molecule has 0 spiro atoms. The summed E-state index contributed by atoms with van der Waals surface area (Å²) in [7, 11) is 3.38. The third-order valence-corrected chi connectivity index (χ3v) is 3.87. The van der Waals surface area contributed by atoms with Crippen LogP contribution in [0.15, 0.2) is 27.6 Å². The molecule has 1 aromatic carbocycles. The van der Waals surface area contributed by atoms with Gasteiger partial charge in [-0.3, -0.25) is 4.99 Å². The van der Waals surface area contributed by atoms with Crippen LogP contribution in [-0.2, 0) is 11.3 Å². The van der Waals surface area contributed by atoms with E-state index in [1.54, 1.807) is 20.2 Å². The van der Waals surface area contributed by atoms with E-state index in [9.17, 15) is 4.39 Å². The second-order valence-electron chi connectivity index (χ2n) is 6.03. The van der Waals surface area contributed by atoms with E-state index in [-0.39, 0.29) is 35.4 Å². The number of ether oxygens (including phenoxy) is 1. The van der Waals surface area contributed by atoms with Gasteiger partial charge >= 0.3 is 0 Å². The summed E-state index contributed by atoms with van der Waals surface area (Å²) in [6.45, 7) is 6.99. The number of halogens is 2. The first-order valence-corrected chi connectivity index (χ1v) is 7.53. The Balaban J connectivity index is 0.00000288. The third kappa shape index (κ3) is 5.07. The van der Waals surface area contributed by atoms with Crippen molar-refractivity contribution < 1.29 is 13.5 Å². The highest BCUT2D eigenvalue weighted by molar-refractivity contribution is 14.0. The topological polar surface area (TPSA) is 58.8 Å². The number of aliphatic imine (C=N–C) groups is 1. The lowest BCUT2D eigenvalue weighted by atomic mass is 10.1. The number of aryl methyl sites for hydroxylation is 1. The number of guanidine groups is 1. The molecule has 0 aliphatic carbocycles. The zero-order chi connectivity index (χ0) is 17.0. The van der Waals surface area contributed by atoms with Crippen molar-refractivity contribution >= 4 is 40.9 Å². The van der Waals surface area contributed by atoms with Gasteiger partial charge in [0.1, 0.15) is 17.2 Å². The van der Waals surface area contributed by atoms with E-state index in [0.717, 1.165) is 16.7 Å². The van der Waals surface area contributed by atoms with Gasteiger partial charge in [-0.1, -0.05) is 0 Å².